The first-order chi connectivity index (χ1) is 15.2. The highest BCUT2D eigenvalue weighted by atomic mass is 32.2. The second kappa shape index (κ2) is 7.22. The lowest BCUT2D eigenvalue weighted by Crippen LogP contribution is -2.03. The Morgan fingerprint density at radius 3 is 2.19 bits per heavy atom. The van der Waals surface area contributed by atoms with Gasteiger partial charge in [-0.15, -0.1) is 0 Å². The zero-order valence-electron chi connectivity index (χ0n) is 16.6. The summed E-state index contributed by atoms with van der Waals surface area (Å²) in [6.07, 6.45) is 0. The number of methoxy groups -OCH3 is 1. The standard InChI is InChI=1S/C26H17NO2S2/c1-29-26(28)17-7-3-2-6-16(17)15-10-11-20-18(12-15)19-13-24-25(14-21(19)27-20)31-23-9-5-4-8-22(23)30-24/h2-14,27H,1H3. The molecule has 0 radical (unpaired) electrons. The molecule has 5 heteroatoms. The Kier molecular flexibility index (Phi) is 4.33. The van der Waals surface area contributed by atoms with Crippen LogP contribution in [0, 0.1) is 0 Å². The second-order valence-corrected chi connectivity index (χ2v) is 9.59. The van der Waals surface area contributed by atoms with Crippen molar-refractivity contribution < 1.29 is 9.53 Å². The Morgan fingerprint density at radius 1 is 0.742 bits per heavy atom. The summed E-state index contributed by atoms with van der Waals surface area (Å²) in [5, 5.41) is 2.35. The van der Waals surface area contributed by atoms with E-state index in [1.165, 1.54) is 32.1 Å². The summed E-state index contributed by atoms with van der Waals surface area (Å²) < 4.78 is 4.98. The molecule has 2 heterocycles. The van der Waals surface area contributed by atoms with Crippen molar-refractivity contribution in [3.05, 3.63) is 84.4 Å². The summed E-state index contributed by atoms with van der Waals surface area (Å²) in [4.78, 5) is 21.0. The van der Waals surface area contributed by atoms with Gasteiger partial charge in [0.25, 0.3) is 0 Å². The van der Waals surface area contributed by atoms with Crippen LogP contribution in [-0.4, -0.2) is 18.1 Å². The molecule has 31 heavy (non-hydrogen) atoms. The first kappa shape index (κ1) is 18.6. The smallest absolute Gasteiger partial charge is 0.338 e. The molecule has 0 spiro atoms. The molecule has 0 saturated carbocycles. The quantitative estimate of drug-likeness (QED) is 0.286. The average Bonchev–Trinajstić information content (AvgIpc) is 3.17. The molecule has 0 aliphatic carbocycles. The van der Waals surface area contributed by atoms with Gasteiger partial charge in [0.15, 0.2) is 0 Å². The lowest BCUT2D eigenvalue weighted by atomic mass is 9.98. The van der Waals surface area contributed by atoms with Crippen LogP contribution in [0.2, 0.25) is 0 Å². The number of hydrogen-bond acceptors (Lipinski definition) is 4. The molecule has 0 bridgehead atoms. The number of carbonyl (C=O) groups is 1. The molecule has 0 unspecified atom stereocenters. The van der Waals surface area contributed by atoms with Gasteiger partial charge in [-0.3, -0.25) is 0 Å². The van der Waals surface area contributed by atoms with Gasteiger partial charge in [0, 0.05) is 41.4 Å². The van der Waals surface area contributed by atoms with E-state index in [9.17, 15) is 4.79 Å². The average molecular weight is 440 g/mol. The lowest BCUT2D eigenvalue weighted by molar-refractivity contribution is 0.0601. The molecule has 0 fully saturated rings. The van der Waals surface area contributed by atoms with Crippen molar-refractivity contribution in [1.29, 1.82) is 0 Å². The largest absolute Gasteiger partial charge is 0.465 e. The van der Waals surface area contributed by atoms with Gasteiger partial charge >= 0.3 is 5.97 Å². The van der Waals surface area contributed by atoms with Crippen molar-refractivity contribution in [3.8, 4) is 11.1 Å². The van der Waals surface area contributed by atoms with Crippen LogP contribution in [0.5, 0.6) is 0 Å². The Bertz CT molecular complexity index is 1500. The van der Waals surface area contributed by atoms with Gasteiger partial charge < -0.3 is 9.72 Å². The zero-order chi connectivity index (χ0) is 20.9. The molecule has 0 amide bonds. The molecule has 1 aromatic heterocycles. The van der Waals surface area contributed by atoms with Crippen LogP contribution >= 0.6 is 23.5 Å². The van der Waals surface area contributed by atoms with E-state index in [0.717, 1.165) is 27.5 Å². The van der Waals surface area contributed by atoms with Crippen LogP contribution in [0.1, 0.15) is 10.4 Å². The summed E-state index contributed by atoms with van der Waals surface area (Å²) in [5.74, 6) is -0.323. The van der Waals surface area contributed by atoms with E-state index in [-0.39, 0.29) is 5.97 Å². The third-order valence-electron chi connectivity index (χ3n) is 5.60. The Morgan fingerprint density at radius 2 is 1.42 bits per heavy atom. The summed E-state index contributed by atoms with van der Waals surface area (Å²) in [6, 6.07) is 27.0. The Balaban J connectivity index is 1.52. The number of ether oxygens (including phenoxy) is 1. The molecule has 4 aromatic carbocycles. The van der Waals surface area contributed by atoms with Crippen LogP contribution in [0.4, 0.5) is 0 Å². The highest BCUT2D eigenvalue weighted by Gasteiger charge is 2.19. The highest BCUT2D eigenvalue weighted by Crippen LogP contribution is 2.50. The van der Waals surface area contributed by atoms with Crippen molar-refractivity contribution in [2.75, 3.05) is 7.11 Å². The topological polar surface area (TPSA) is 42.1 Å². The fourth-order valence-corrected chi connectivity index (χ4v) is 6.39. The molecule has 1 aliphatic rings. The number of rotatable bonds is 2. The lowest BCUT2D eigenvalue weighted by Gasteiger charge is -2.18. The van der Waals surface area contributed by atoms with Crippen molar-refractivity contribution >= 4 is 51.3 Å². The number of carbonyl (C=O) groups excluding carboxylic acids is 1. The number of fused-ring (bicyclic) bond motifs is 5. The van der Waals surface area contributed by atoms with E-state index in [1.54, 1.807) is 0 Å². The highest BCUT2D eigenvalue weighted by molar-refractivity contribution is 8.05. The molecule has 0 saturated heterocycles. The maximum absolute atomic E-state index is 12.3. The van der Waals surface area contributed by atoms with Gasteiger partial charge in [0.2, 0.25) is 0 Å². The number of benzene rings is 4. The molecule has 3 nitrogen and oxygen atoms in total. The second-order valence-electron chi connectivity index (χ2n) is 7.42. The summed E-state index contributed by atoms with van der Waals surface area (Å²) in [7, 11) is 1.42. The number of aromatic amines is 1. The van der Waals surface area contributed by atoms with Crippen LogP contribution in [-0.2, 0) is 4.74 Å². The molecule has 1 N–H and O–H groups in total. The number of nitrogens with one attached hydrogen (secondary N) is 1. The fourth-order valence-electron chi connectivity index (χ4n) is 4.11. The molecule has 6 rings (SSSR count). The molecule has 5 aromatic rings. The fraction of sp³-hybridized carbons (Fsp3) is 0.0385. The van der Waals surface area contributed by atoms with E-state index in [4.69, 9.17) is 4.74 Å². The van der Waals surface area contributed by atoms with E-state index >= 15 is 0 Å². The van der Waals surface area contributed by atoms with Crippen molar-refractivity contribution in [2.45, 2.75) is 19.6 Å². The summed E-state index contributed by atoms with van der Waals surface area (Å²) in [5.41, 5.74) is 4.66. The first-order valence-corrected chi connectivity index (χ1v) is 11.6. The molecular formula is C26H17NO2S2. The molecular weight excluding hydrogens is 422 g/mol. The third-order valence-corrected chi connectivity index (χ3v) is 8.12. The van der Waals surface area contributed by atoms with Gasteiger partial charge in [-0.25, -0.2) is 4.79 Å². The molecule has 1 aliphatic heterocycles. The molecule has 0 atom stereocenters. The monoisotopic (exact) mass is 439 g/mol. The normalized spacial score (nSPS) is 12.5. The maximum Gasteiger partial charge on any atom is 0.338 e. The Hall–Kier alpha value is -3.15. The zero-order valence-corrected chi connectivity index (χ0v) is 18.3. The van der Waals surface area contributed by atoms with Gasteiger partial charge in [-0.2, -0.15) is 0 Å². The van der Waals surface area contributed by atoms with Gasteiger partial charge in [-0.1, -0.05) is 59.9 Å². The van der Waals surface area contributed by atoms with Crippen LogP contribution in [0.3, 0.4) is 0 Å². The number of esters is 1. The maximum atomic E-state index is 12.3. The van der Waals surface area contributed by atoms with Crippen LogP contribution < -0.4 is 0 Å². The third kappa shape index (κ3) is 3.04. The predicted octanol–water partition coefficient (Wildman–Crippen LogP) is 7.39. The molecule has 150 valence electrons. The van der Waals surface area contributed by atoms with Crippen LogP contribution in [0.25, 0.3) is 32.9 Å². The summed E-state index contributed by atoms with van der Waals surface area (Å²) >= 11 is 3.65. The van der Waals surface area contributed by atoms with Crippen molar-refractivity contribution in [1.82, 2.24) is 4.98 Å². The SMILES string of the molecule is COC(=O)c1ccccc1-c1ccc2[nH]c3cc4c(cc3c2c1)Sc1ccccc1S4. The summed E-state index contributed by atoms with van der Waals surface area (Å²) in [6.45, 7) is 0. The van der Waals surface area contributed by atoms with E-state index in [2.05, 4.69) is 59.6 Å². The van der Waals surface area contributed by atoms with E-state index < -0.39 is 0 Å². The number of hydrogen-bond donors (Lipinski definition) is 1. The minimum Gasteiger partial charge on any atom is -0.465 e. The predicted molar refractivity (Wildman–Crippen MR) is 127 cm³/mol. The Labute approximate surface area is 187 Å². The van der Waals surface area contributed by atoms with Crippen LogP contribution in [0.15, 0.2) is 98.4 Å². The van der Waals surface area contributed by atoms with Gasteiger partial charge in [0.1, 0.15) is 0 Å². The minimum atomic E-state index is -0.323. The first-order valence-electron chi connectivity index (χ1n) is 9.93. The minimum absolute atomic E-state index is 0.323. The van der Waals surface area contributed by atoms with Crippen molar-refractivity contribution in [3.63, 3.8) is 0 Å². The van der Waals surface area contributed by atoms with Gasteiger partial charge in [-0.05, 0) is 53.6 Å². The van der Waals surface area contributed by atoms with Gasteiger partial charge in [0.05, 0.1) is 12.7 Å². The number of H-pyrrole nitrogens is 1. The van der Waals surface area contributed by atoms with Crippen molar-refractivity contribution in [2.24, 2.45) is 0 Å². The number of aromatic nitrogens is 1. The van der Waals surface area contributed by atoms with E-state index in [1.807, 2.05) is 47.8 Å². The van der Waals surface area contributed by atoms with E-state index in [0.29, 0.717) is 5.56 Å².